The number of morpholine rings is 1. The third-order valence-electron chi connectivity index (χ3n) is 4.48. The predicted molar refractivity (Wildman–Crippen MR) is 107 cm³/mol. The first kappa shape index (κ1) is 20.2. The molecule has 0 aromatic heterocycles. The molecule has 8 heteroatoms. The molecule has 0 aliphatic carbocycles. The van der Waals surface area contributed by atoms with Crippen LogP contribution in [0.5, 0.6) is 5.75 Å². The Morgan fingerprint density at radius 3 is 2.61 bits per heavy atom. The standard InChI is InChI=1S/C20H22N2O5S/c1-3-14(2)22-19(24)17(28-20(22)25)12-15-4-6-16(7-5-15)27-13-18(23)21-8-10-26-11-9-21/h3-7,12,14H,1,8-11,13H2,2H3/b17-12-/t14-/m0/s1. The molecule has 2 fully saturated rings. The van der Waals surface area contributed by atoms with Crippen LogP contribution in [-0.4, -0.2) is 65.8 Å². The van der Waals surface area contributed by atoms with Crippen LogP contribution in [0, 0.1) is 0 Å². The van der Waals surface area contributed by atoms with Crippen LogP contribution >= 0.6 is 11.8 Å². The molecule has 1 aromatic rings. The number of hydrogen-bond acceptors (Lipinski definition) is 6. The third kappa shape index (κ3) is 4.63. The monoisotopic (exact) mass is 402 g/mol. The molecule has 2 aliphatic rings. The molecular weight excluding hydrogens is 380 g/mol. The van der Waals surface area contributed by atoms with Gasteiger partial charge in [0.05, 0.1) is 24.2 Å². The lowest BCUT2D eigenvalue weighted by molar-refractivity contribution is -0.137. The van der Waals surface area contributed by atoms with Crippen molar-refractivity contribution in [3.05, 3.63) is 47.4 Å². The number of nitrogens with zero attached hydrogens (tertiary/aromatic N) is 2. The van der Waals surface area contributed by atoms with E-state index in [9.17, 15) is 14.4 Å². The summed E-state index contributed by atoms with van der Waals surface area (Å²) in [6.07, 6.45) is 3.23. The Labute approximate surface area is 168 Å². The van der Waals surface area contributed by atoms with E-state index in [-0.39, 0.29) is 29.7 Å². The molecule has 2 aliphatic heterocycles. The van der Waals surface area contributed by atoms with E-state index in [1.165, 1.54) is 4.90 Å². The maximum absolute atomic E-state index is 12.4. The Hall–Kier alpha value is -2.58. The minimum absolute atomic E-state index is 0.0301. The van der Waals surface area contributed by atoms with Crippen LogP contribution in [0.1, 0.15) is 12.5 Å². The highest BCUT2D eigenvalue weighted by Crippen LogP contribution is 2.33. The summed E-state index contributed by atoms with van der Waals surface area (Å²) in [6, 6.07) is 6.67. The normalized spacial score (nSPS) is 19.8. The van der Waals surface area contributed by atoms with Crippen molar-refractivity contribution in [3.8, 4) is 5.75 Å². The molecule has 0 saturated carbocycles. The number of carbonyl (C=O) groups is 3. The van der Waals surface area contributed by atoms with Crippen molar-refractivity contribution in [3.63, 3.8) is 0 Å². The highest BCUT2D eigenvalue weighted by atomic mass is 32.2. The zero-order valence-corrected chi connectivity index (χ0v) is 16.4. The molecule has 2 heterocycles. The average molecular weight is 402 g/mol. The summed E-state index contributed by atoms with van der Waals surface area (Å²) >= 11 is 0.914. The smallest absolute Gasteiger partial charge is 0.294 e. The second kappa shape index (κ2) is 9.07. The minimum Gasteiger partial charge on any atom is -0.484 e. The lowest BCUT2D eigenvalue weighted by Crippen LogP contribution is -2.42. The van der Waals surface area contributed by atoms with Crippen molar-refractivity contribution < 1.29 is 23.9 Å². The zero-order chi connectivity index (χ0) is 20.1. The molecule has 0 bridgehead atoms. The third-order valence-corrected chi connectivity index (χ3v) is 5.36. The van der Waals surface area contributed by atoms with Gasteiger partial charge < -0.3 is 14.4 Å². The van der Waals surface area contributed by atoms with E-state index < -0.39 is 0 Å². The molecular formula is C20H22N2O5S. The van der Waals surface area contributed by atoms with Gasteiger partial charge in [-0.05, 0) is 42.5 Å². The van der Waals surface area contributed by atoms with Crippen LogP contribution in [0.3, 0.4) is 0 Å². The van der Waals surface area contributed by atoms with Crippen LogP contribution in [0.15, 0.2) is 41.8 Å². The topological polar surface area (TPSA) is 76.2 Å². The molecule has 1 aromatic carbocycles. The first-order valence-corrected chi connectivity index (χ1v) is 9.79. The summed E-state index contributed by atoms with van der Waals surface area (Å²) in [4.78, 5) is 39.8. The number of carbonyl (C=O) groups excluding carboxylic acids is 3. The van der Waals surface area contributed by atoms with Crippen LogP contribution in [-0.2, 0) is 14.3 Å². The van der Waals surface area contributed by atoms with Crippen LogP contribution in [0.25, 0.3) is 6.08 Å². The molecule has 148 valence electrons. The summed E-state index contributed by atoms with van der Waals surface area (Å²) in [6.45, 7) is 7.62. The number of thioether (sulfide) groups is 1. The van der Waals surface area contributed by atoms with E-state index in [1.54, 1.807) is 48.2 Å². The lowest BCUT2D eigenvalue weighted by atomic mass is 10.2. The van der Waals surface area contributed by atoms with Crippen molar-refractivity contribution in [1.82, 2.24) is 9.80 Å². The Morgan fingerprint density at radius 1 is 1.29 bits per heavy atom. The van der Waals surface area contributed by atoms with Gasteiger partial charge in [-0.15, -0.1) is 6.58 Å². The Kier molecular flexibility index (Phi) is 6.53. The number of imide groups is 1. The van der Waals surface area contributed by atoms with Crippen molar-refractivity contribution in [2.45, 2.75) is 13.0 Å². The van der Waals surface area contributed by atoms with Gasteiger partial charge in [-0.1, -0.05) is 18.2 Å². The Balaban J connectivity index is 1.59. The second-order valence-electron chi connectivity index (χ2n) is 6.38. The van der Waals surface area contributed by atoms with E-state index in [2.05, 4.69) is 6.58 Å². The van der Waals surface area contributed by atoms with Gasteiger partial charge in [0, 0.05) is 13.1 Å². The van der Waals surface area contributed by atoms with Gasteiger partial charge in [-0.25, -0.2) is 0 Å². The number of benzene rings is 1. The lowest BCUT2D eigenvalue weighted by Gasteiger charge is -2.26. The summed E-state index contributed by atoms with van der Waals surface area (Å²) in [5, 5.41) is -0.301. The highest BCUT2D eigenvalue weighted by molar-refractivity contribution is 8.18. The van der Waals surface area contributed by atoms with E-state index >= 15 is 0 Å². The SMILES string of the molecule is C=C[C@H](C)N1C(=O)S/C(=C\c2ccc(OCC(=O)N3CCOCC3)cc2)C1=O. The first-order chi connectivity index (χ1) is 13.5. The zero-order valence-electron chi connectivity index (χ0n) is 15.6. The maximum atomic E-state index is 12.4. The first-order valence-electron chi connectivity index (χ1n) is 8.97. The van der Waals surface area contributed by atoms with Gasteiger partial charge in [-0.3, -0.25) is 19.3 Å². The van der Waals surface area contributed by atoms with Gasteiger partial charge in [-0.2, -0.15) is 0 Å². The maximum Gasteiger partial charge on any atom is 0.294 e. The van der Waals surface area contributed by atoms with Crippen molar-refractivity contribution in [1.29, 1.82) is 0 Å². The number of ether oxygens (including phenoxy) is 2. The quantitative estimate of drug-likeness (QED) is 0.538. The molecule has 2 saturated heterocycles. The van der Waals surface area contributed by atoms with Crippen LogP contribution in [0.2, 0.25) is 0 Å². The Bertz CT molecular complexity index is 799. The summed E-state index contributed by atoms with van der Waals surface area (Å²) in [5.41, 5.74) is 0.767. The van der Waals surface area contributed by atoms with Crippen LogP contribution in [0.4, 0.5) is 4.79 Å². The Morgan fingerprint density at radius 2 is 1.96 bits per heavy atom. The number of hydrogen-bond donors (Lipinski definition) is 0. The fraction of sp³-hybridized carbons (Fsp3) is 0.350. The van der Waals surface area contributed by atoms with Gasteiger partial charge in [0.25, 0.3) is 17.1 Å². The molecule has 0 spiro atoms. The van der Waals surface area contributed by atoms with E-state index in [4.69, 9.17) is 9.47 Å². The van der Waals surface area contributed by atoms with Gasteiger partial charge >= 0.3 is 0 Å². The van der Waals surface area contributed by atoms with Crippen LogP contribution < -0.4 is 4.74 Å². The second-order valence-corrected chi connectivity index (χ2v) is 7.37. The summed E-state index contributed by atoms with van der Waals surface area (Å²) in [7, 11) is 0. The van der Waals surface area contributed by atoms with Crippen molar-refractivity contribution in [2.75, 3.05) is 32.9 Å². The minimum atomic E-state index is -0.349. The average Bonchev–Trinajstić information content (AvgIpc) is 3.00. The number of rotatable bonds is 6. The highest BCUT2D eigenvalue weighted by Gasteiger charge is 2.37. The number of amides is 3. The van der Waals surface area contributed by atoms with E-state index in [1.807, 2.05) is 0 Å². The molecule has 0 radical (unpaired) electrons. The molecule has 0 unspecified atom stereocenters. The fourth-order valence-electron chi connectivity index (χ4n) is 2.80. The largest absolute Gasteiger partial charge is 0.484 e. The summed E-state index contributed by atoms with van der Waals surface area (Å²) < 4.78 is 10.8. The van der Waals surface area contributed by atoms with Gasteiger partial charge in [0.15, 0.2) is 6.61 Å². The van der Waals surface area contributed by atoms with E-state index in [0.717, 1.165) is 17.3 Å². The van der Waals surface area contributed by atoms with Crippen molar-refractivity contribution in [2.24, 2.45) is 0 Å². The molecule has 1 atom stereocenters. The predicted octanol–water partition coefficient (Wildman–Crippen LogP) is 2.54. The molecule has 0 N–H and O–H groups in total. The van der Waals surface area contributed by atoms with E-state index in [0.29, 0.717) is 37.0 Å². The van der Waals surface area contributed by atoms with Crippen molar-refractivity contribution >= 4 is 34.9 Å². The molecule has 28 heavy (non-hydrogen) atoms. The van der Waals surface area contributed by atoms with Gasteiger partial charge in [0.2, 0.25) is 0 Å². The fourth-order valence-corrected chi connectivity index (χ4v) is 3.71. The van der Waals surface area contributed by atoms with Gasteiger partial charge in [0.1, 0.15) is 5.75 Å². The molecule has 3 rings (SSSR count). The molecule has 3 amide bonds. The molecule has 7 nitrogen and oxygen atoms in total. The summed E-state index contributed by atoms with van der Waals surface area (Å²) in [5.74, 6) is 0.170.